The van der Waals surface area contributed by atoms with Gasteiger partial charge in [-0.25, -0.2) is 0 Å². The first kappa shape index (κ1) is 71.7. The van der Waals surface area contributed by atoms with E-state index in [1.54, 1.807) is 6.08 Å². The average Bonchev–Trinajstić information content (AvgIpc) is 3.41. The molecule has 0 spiro atoms. The molecule has 0 aromatic heterocycles. The SMILES string of the molecule is CCCCCCCCCC/C=C\CCCCCCCCCCCCCCCCCC(=O)NC(COC1OC(CO)C(O)C(O)C1O)C(O)/C=C/CCCCCCCCCCCCCCCCCCCCCCCCC. The van der Waals surface area contributed by atoms with Crippen molar-refractivity contribution in [3.63, 3.8) is 0 Å². The van der Waals surface area contributed by atoms with Crippen LogP contribution >= 0.6 is 0 Å². The van der Waals surface area contributed by atoms with Crippen molar-refractivity contribution in [2.24, 2.45) is 0 Å². The molecule has 1 aliphatic rings. The zero-order valence-electron chi connectivity index (χ0n) is 49.6. The van der Waals surface area contributed by atoms with Crippen molar-refractivity contribution in [1.29, 1.82) is 0 Å². The lowest BCUT2D eigenvalue weighted by Gasteiger charge is -2.40. The van der Waals surface area contributed by atoms with E-state index in [1.807, 2.05) is 6.08 Å². The third kappa shape index (κ3) is 45.1. The summed E-state index contributed by atoms with van der Waals surface area (Å²) in [4.78, 5) is 13.1. The minimum atomic E-state index is -1.57. The molecule has 9 heteroatoms. The minimum absolute atomic E-state index is 0.170. The Kier molecular flexibility index (Phi) is 53.5. The second-order valence-electron chi connectivity index (χ2n) is 23.3. The number of hydrogen-bond acceptors (Lipinski definition) is 8. The number of amides is 1. The van der Waals surface area contributed by atoms with Gasteiger partial charge in [0.15, 0.2) is 6.29 Å². The van der Waals surface area contributed by atoms with E-state index in [9.17, 15) is 30.3 Å². The maximum Gasteiger partial charge on any atom is 0.220 e. The molecule has 1 aliphatic heterocycles. The predicted octanol–water partition coefficient (Wildman–Crippen LogP) is 17.3. The molecule has 0 radical (unpaired) electrons. The van der Waals surface area contributed by atoms with E-state index in [2.05, 4.69) is 31.3 Å². The van der Waals surface area contributed by atoms with Crippen LogP contribution in [0.15, 0.2) is 24.3 Å². The molecule has 0 aromatic carbocycles. The first-order valence-electron chi connectivity index (χ1n) is 33.1. The molecule has 1 saturated heterocycles. The van der Waals surface area contributed by atoms with Gasteiger partial charge in [-0.2, -0.15) is 0 Å². The Bertz CT molecular complexity index is 1230. The van der Waals surface area contributed by atoms with Crippen LogP contribution in [0.1, 0.15) is 335 Å². The van der Waals surface area contributed by atoms with Gasteiger partial charge in [0, 0.05) is 6.42 Å². The molecule has 1 fully saturated rings. The van der Waals surface area contributed by atoms with Crippen molar-refractivity contribution < 1.29 is 39.8 Å². The van der Waals surface area contributed by atoms with Gasteiger partial charge in [-0.05, 0) is 44.9 Å². The summed E-state index contributed by atoms with van der Waals surface area (Å²) in [5, 5.41) is 54.7. The molecule has 1 rings (SSSR count). The van der Waals surface area contributed by atoms with Gasteiger partial charge in [-0.3, -0.25) is 4.79 Å². The summed E-state index contributed by atoms with van der Waals surface area (Å²) in [5.41, 5.74) is 0. The predicted molar refractivity (Wildman–Crippen MR) is 318 cm³/mol. The molecular weight excluding hydrogens is 935 g/mol. The fourth-order valence-electron chi connectivity index (χ4n) is 10.8. The first-order valence-corrected chi connectivity index (χ1v) is 33.1. The Balaban J connectivity index is 2.16. The lowest BCUT2D eigenvalue weighted by molar-refractivity contribution is -0.302. The highest BCUT2D eigenvalue weighted by molar-refractivity contribution is 5.76. The number of nitrogens with one attached hydrogen (secondary N) is 1. The fourth-order valence-corrected chi connectivity index (χ4v) is 10.8. The molecule has 1 heterocycles. The molecule has 0 bridgehead atoms. The van der Waals surface area contributed by atoms with Crippen LogP contribution in [0.5, 0.6) is 0 Å². The van der Waals surface area contributed by atoms with Crippen LogP contribution in [0.3, 0.4) is 0 Å². The maximum absolute atomic E-state index is 13.1. The van der Waals surface area contributed by atoms with Crippen molar-refractivity contribution >= 4 is 5.91 Å². The molecular formula is C66H127NO8. The Hall–Kier alpha value is -1.33. The third-order valence-corrected chi connectivity index (χ3v) is 16.0. The van der Waals surface area contributed by atoms with Gasteiger partial charge in [0.1, 0.15) is 24.4 Å². The number of rotatable bonds is 58. The molecule has 9 nitrogen and oxygen atoms in total. The summed E-state index contributed by atoms with van der Waals surface area (Å²) >= 11 is 0. The summed E-state index contributed by atoms with van der Waals surface area (Å²) in [6.45, 7) is 3.83. The summed E-state index contributed by atoms with van der Waals surface area (Å²) in [7, 11) is 0. The van der Waals surface area contributed by atoms with Gasteiger partial charge < -0.3 is 40.3 Å². The van der Waals surface area contributed by atoms with E-state index >= 15 is 0 Å². The lowest BCUT2D eigenvalue weighted by Crippen LogP contribution is -2.60. The molecule has 0 aromatic rings. The Morgan fingerprint density at radius 1 is 0.440 bits per heavy atom. The monoisotopic (exact) mass is 1060 g/mol. The number of allylic oxidation sites excluding steroid dienone is 3. The van der Waals surface area contributed by atoms with Crippen LogP contribution in [0.25, 0.3) is 0 Å². The second-order valence-corrected chi connectivity index (χ2v) is 23.3. The Morgan fingerprint density at radius 2 is 0.747 bits per heavy atom. The fraction of sp³-hybridized carbons (Fsp3) is 0.924. The molecule has 75 heavy (non-hydrogen) atoms. The topological polar surface area (TPSA) is 149 Å². The van der Waals surface area contributed by atoms with Crippen molar-refractivity contribution in [1.82, 2.24) is 5.32 Å². The van der Waals surface area contributed by atoms with Gasteiger partial charge >= 0.3 is 0 Å². The highest BCUT2D eigenvalue weighted by Crippen LogP contribution is 2.23. The van der Waals surface area contributed by atoms with Crippen LogP contribution in [0.4, 0.5) is 0 Å². The number of hydrogen-bond donors (Lipinski definition) is 6. The van der Waals surface area contributed by atoms with Gasteiger partial charge in [-0.1, -0.05) is 308 Å². The zero-order valence-corrected chi connectivity index (χ0v) is 49.6. The van der Waals surface area contributed by atoms with Gasteiger partial charge in [0.05, 0.1) is 25.4 Å². The third-order valence-electron chi connectivity index (χ3n) is 16.0. The quantitative estimate of drug-likeness (QED) is 0.0261. The molecule has 7 unspecified atom stereocenters. The molecule has 1 amide bonds. The highest BCUT2D eigenvalue weighted by Gasteiger charge is 2.44. The van der Waals surface area contributed by atoms with Crippen molar-refractivity contribution in [3.8, 4) is 0 Å². The van der Waals surface area contributed by atoms with E-state index in [0.29, 0.717) is 6.42 Å². The smallest absolute Gasteiger partial charge is 0.220 e. The largest absolute Gasteiger partial charge is 0.394 e. The zero-order chi connectivity index (χ0) is 54.3. The van der Waals surface area contributed by atoms with E-state index in [4.69, 9.17) is 9.47 Å². The minimum Gasteiger partial charge on any atom is -0.394 e. The summed E-state index contributed by atoms with van der Waals surface area (Å²) < 4.78 is 11.3. The standard InChI is InChI=1S/C66H127NO8/c1-3-5-7-9-11-13-15-17-19-21-23-25-27-29-30-32-34-36-38-40-42-44-46-48-50-52-54-56-62(70)67-59(58-74-66-65(73)64(72)63(71)61(57-68)75-66)60(69)55-53-51-49-47-45-43-41-39-37-35-33-31-28-26-24-22-20-18-16-14-12-10-8-6-4-2/h21,23,53,55,59-61,63-66,68-69,71-73H,3-20,22,24-52,54,56-58H2,1-2H3,(H,67,70)/b23-21-,55-53+. The van der Waals surface area contributed by atoms with Crippen LogP contribution in [-0.4, -0.2) is 87.5 Å². The van der Waals surface area contributed by atoms with E-state index in [1.165, 1.54) is 276 Å². The number of aliphatic hydroxyl groups excluding tert-OH is 5. The number of unbranched alkanes of at least 4 members (excludes halogenated alkanes) is 46. The van der Waals surface area contributed by atoms with Crippen LogP contribution in [0, 0.1) is 0 Å². The van der Waals surface area contributed by atoms with Crippen LogP contribution in [0.2, 0.25) is 0 Å². The molecule has 7 atom stereocenters. The van der Waals surface area contributed by atoms with E-state index < -0.39 is 49.5 Å². The Morgan fingerprint density at radius 3 is 1.08 bits per heavy atom. The van der Waals surface area contributed by atoms with Crippen molar-refractivity contribution in [2.75, 3.05) is 13.2 Å². The summed E-state index contributed by atoms with van der Waals surface area (Å²) in [6.07, 6.45) is 65.5. The number of carbonyl (C=O) groups is 1. The number of aliphatic hydroxyl groups is 5. The van der Waals surface area contributed by atoms with Crippen LogP contribution < -0.4 is 5.32 Å². The van der Waals surface area contributed by atoms with E-state index in [-0.39, 0.29) is 12.5 Å². The first-order chi connectivity index (χ1) is 36.8. The second kappa shape index (κ2) is 56.0. The normalized spacial score (nSPS) is 18.9. The summed E-state index contributed by atoms with van der Waals surface area (Å²) in [5.74, 6) is -0.170. The molecule has 0 saturated carbocycles. The lowest BCUT2D eigenvalue weighted by atomic mass is 9.99. The van der Waals surface area contributed by atoms with Gasteiger partial charge in [0.2, 0.25) is 5.91 Å². The Labute approximate surface area is 464 Å². The number of carbonyl (C=O) groups excluding carboxylic acids is 1. The molecule has 444 valence electrons. The van der Waals surface area contributed by atoms with E-state index in [0.717, 1.165) is 38.5 Å². The maximum atomic E-state index is 13.1. The van der Waals surface area contributed by atoms with Crippen LogP contribution in [-0.2, 0) is 14.3 Å². The van der Waals surface area contributed by atoms with Gasteiger partial charge in [-0.15, -0.1) is 0 Å². The molecule has 6 N–H and O–H groups in total. The van der Waals surface area contributed by atoms with Crippen molar-refractivity contribution in [3.05, 3.63) is 24.3 Å². The average molecular weight is 1060 g/mol. The summed E-state index contributed by atoms with van der Waals surface area (Å²) in [6, 6.07) is -0.804. The molecule has 0 aliphatic carbocycles. The van der Waals surface area contributed by atoms with Gasteiger partial charge in [0.25, 0.3) is 0 Å². The highest BCUT2D eigenvalue weighted by atomic mass is 16.7. The number of ether oxygens (including phenoxy) is 2. The van der Waals surface area contributed by atoms with Crippen molar-refractivity contribution in [2.45, 2.75) is 378 Å².